The van der Waals surface area contributed by atoms with E-state index < -0.39 is 0 Å². The molecule has 1 aliphatic heterocycles. The van der Waals surface area contributed by atoms with Gasteiger partial charge in [-0.15, -0.1) is 0 Å². The lowest BCUT2D eigenvalue weighted by atomic mass is 10.1. The van der Waals surface area contributed by atoms with Crippen molar-refractivity contribution < 1.29 is 0 Å². The summed E-state index contributed by atoms with van der Waals surface area (Å²) in [6.07, 6.45) is 3.64. The van der Waals surface area contributed by atoms with Crippen molar-refractivity contribution in [3.63, 3.8) is 0 Å². The first kappa shape index (κ1) is 18.8. The zero-order valence-corrected chi connectivity index (χ0v) is 16.2. The monoisotopic (exact) mass is 388 g/mol. The number of aliphatic imine (C=N–C) groups is 1. The van der Waals surface area contributed by atoms with Crippen molar-refractivity contribution in [1.82, 2.24) is 4.90 Å². The Labute approximate surface area is 164 Å². The van der Waals surface area contributed by atoms with E-state index >= 15 is 0 Å². The third-order valence-corrected chi connectivity index (χ3v) is 4.95. The Balaban J connectivity index is 1.69. The predicted octanol–water partition coefficient (Wildman–Crippen LogP) is 4.45. The smallest absolute Gasteiger partial charge is 0.124 e. The maximum atomic E-state index is 6.45. The molecule has 1 saturated heterocycles. The number of nitrogens with zero attached hydrogens (tertiary/aromatic N) is 3. The van der Waals surface area contributed by atoms with E-state index in [-0.39, 0.29) is 0 Å². The number of hydrogen-bond donors (Lipinski definition) is 1. The van der Waals surface area contributed by atoms with Gasteiger partial charge >= 0.3 is 0 Å². The molecule has 0 atom stereocenters. The number of anilines is 1. The summed E-state index contributed by atoms with van der Waals surface area (Å²) in [6, 6.07) is 13.3. The summed E-state index contributed by atoms with van der Waals surface area (Å²) in [5, 5.41) is 1.38. The van der Waals surface area contributed by atoms with Crippen molar-refractivity contribution in [3.05, 3.63) is 64.1 Å². The Bertz CT molecular complexity index is 807. The van der Waals surface area contributed by atoms with Crippen molar-refractivity contribution in [2.75, 3.05) is 38.1 Å². The fraction of sp³-hybridized carbons (Fsp3) is 0.250. The summed E-state index contributed by atoms with van der Waals surface area (Å²) in [7, 11) is 2.15. The fourth-order valence-electron chi connectivity index (χ4n) is 2.79. The van der Waals surface area contributed by atoms with Crippen LogP contribution in [0.2, 0.25) is 10.0 Å². The molecule has 2 aromatic rings. The van der Waals surface area contributed by atoms with E-state index in [4.69, 9.17) is 28.9 Å². The first-order valence-corrected chi connectivity index (χ1v) is 9.28. The van der Waals surface area contributed by atoms with Gasteiger partial charge in [-0.3, -0.25) is 0 Å². The van der Waals surface area contributed by atoms with Crippen LogP contribution in [-0.4, -0.2) is 44.0 Å². The third kappa shape index (κ3) is 5.01. The Morgan fingerprint density at radius 3 is 2.38 bits per heavy atom. The Morgan fingerprint density at radius 2 is 1.73 bits per heavy atom. The molecule has 136 valence electrons. The van der Waals surface area contributed by atoms with Gasteiger partial charge in [0.05, 0.1) is 5.69 Å². The van der Waals surface area contributed by atoms with Crippen molar-refractivity contribution in [2.45, 2.75) is 0 Å². The minimum Gasteiger partial charge on any atom is -0.384 e. The second-order valence-electron chi connectivity index (χ2n) is 6.34. The molecule has 0 saturated carbocycles. The molecule has 4 nitrogen and oxygen atoms in total. The van der Waals surface area contributed by atoms with E-state index in [1.807, 2.05) is 30.3 Å². The van der Waals surface area contributed by atoms with Crippen LogP contribution in [0.3, 0.4) is 0 Å². The molecular weight excluding hydrogens is 367 g/mol. The van der Waals surface area contributed by atoms with Crippen LogP contribution in [0, 0.1) is 0 Å². The molecule has 0 amide bonds. The van der Waals surface area contributed by atoms with Gasteiger partial charge in [0.15, 0.2) is 0 Å². The number of rotatable bonds is 4. The average Bonchev–Trinajstić information content (AvgIpc) is 2.63. The van der Waals surface area contributed by atoms with Gasteiger partial charge in [0.2, 0.25) is 0 Å². The molecule has 1 heterocycles. The van der Waals surface area contributed by atoms with E-state index in [0.29, 0.717) is 15.9 Å². The van der Waals surface area contributed by atoms with Gasteiger partial charge in [-0.25, -0.2) is 4.99 Å². The second-order valence-corrected chi connectivity index (χ2v) is 7.19. The van der Waals surface area contributed by atoms with Crippen LogP contribution in [0.1, 0.15) is 5.56 Å². The maximum Gasteiger partial charge on any atom is 0.124 e. The van der Waals surface area contributed by atoms with Crippen molar-refractivity contribution >= 4 is 46.5 Å². The van der Waals surface area contributed by atoms with Crippen LogP contribution in [0.25, 0.3) is 6.08 Å². The largest absolute Gasteiger partial charge is 0.384 e. The molecule has 2 aromatic carbocycles. The number of likely N-dealkylation sites (N-methyl/N-ethyl adjacent to an activating group) is 1. The summed E-state index contributed by atoms with van der Waals surface area (Å²) in [5.74, 6) is 0.409. The van der Waals surface area contributed by atoms with Gasteiger partial charge in [0, 0.05) is 41.9 Å². The van der Waals surface area contributed by atoms with Gasteiger partial charge < -0.3 is 15.5 Å². The summed E-state index contributed by atoms with van der Waals surface area (Å²) in [4.78, 5) is 9.02. The van der Waals surface area contributed by atoms with Crippen LogP contribution < -0.4 is 10.6 Å². The third-order valence-electron chi connectivity index (χ3n) is 4.37. The van der Waals surface area contributed by atoms with Gasteiger partial charge in [-0.05, 0) is 61.2 Å². The fourth-order valence-corrected chi connectivity index (χ4v) is 3.15. The summed E-state index contributed by atoms with van der Waals surface area (Å²) < 4.78 is 0. The van der Waals surface area contributed by atoms with Crippen molar-refractivity contribution in [1.29, 1.82) is 0 Å². The lowest BCUT2D eigenvalue weighted by molar-refractivity contribution is 0.313. The number of piperazine rings is 1. The molecule has 1 fully saturated rings. The number of nitrogens with two attached hydrogens (primary N) is 1. The molecule has 1 aliphatic rings. The highest BCUT2D eigenvalue weighted by Crippen LogP contribution is 2.25. The number of hydrogen-bond acceptors (Lipinski definition) is 3. The van der Waals surface area contributed by atoms with E-state index in [9.17, 15) is 0 Å². The second kappa shape index (κ2) is 8.58. The molecule has 0 aromatic heterocycles. The predicted molar refractivity (Wildman–Crippen MR) is 113 cm³/mol. The lowest BCUT2D eigenvalue weighted by Crippen LogP contribution is -2.44. The number of halogens is 2. The van der Waals surface area contributed by atoms with Crippen LogP contribution in [0.5, 0.6) is 0 Å². The molecule has 0 bridgehead atoms. The molecular formula is C20H22Cl2N4. The van der Waals surface area contributed by atoms with E-state index in [0.717, 1.165) is 43.1 Å². The normalized spacial score (nSPS) is 16.4. The maximum absolute atomic E-state index is 6.45. The summed E-state index contributed by atoms with van der Waals surface area (Å²) >= 11 is 12.3. The van der Waals surface area contributed by atoms with Crippen LogP contribution >= 0.6 is 23.2 Å². The van der Waals surface area contributed by atoms with Crippen molar-refractivity contribution in [3.8, 4) is 0 Å². The zero-order chi connectivity index (χ0) is 18.5. The van der Waals surface area contributed by atoms with Crippen LogP contribution in [-0.2, 0) is 0 Å². The van der Waals surface area contributed by atoms with Gasteiger partial charge in [-0.1, -0.05) is 29.3 Å². The van der Waals surface area contributed by atoms with E-state index in [1.165, 1.54) is 0 Å². The Hall–Kier alpha value is -2.01. The van der Waals surface area contributed by atoms with Crippen LogP contribution in [0.15, 0.2) is 53.5 Å². The molecule has 0 radical (unpaired) electrons. The highest BCUT2D eigenvalue weighted by Gasteiger charge is 2.14. The summed E-state index contributed by atoms with van der Waals surface area (Å²) in [6.45, 7) is 4.17. The van der Waals surface area contributed by atoms with Gasteiger partial charge in [0.1, 0.15) is 5.84 Å². The quantitative estimate of drug-likeness (QED) is 0.621. The molecule has 2 N–H and O–H groups in total. The Morgan fingerprint density at radius 1 is 1.04 bits per heavy atom. The SMILES string of the molecule is CN1CCN(c2ccc(/C=C/C(N)=Nc3ccc(Cl)cc3)c(Cl)c2)CC1. The highest BCUT2D eigenvalue weighted by molar-refractivity contribution is 6.32. The first-order chi connectivity index (χ1) is 12.5. The van der Waals surface area contributed by atoms with E-state index in [2.05, 4.69) is 27.9 Å². The minimum absolute atomic E-state index is 0.409. The Kier molecular flexibility index (Phi) is 6.20. The first-order valence-electron chi connectivity index (χ1n) is 8.52. The molecule has 3 rings (SSSR count). The van der Waals surface area contributed by atoms with Crippen LogP contribution in [0.4, 0.5) is 11.4 Å². The number of amidine groups is 1. The summed E-state index contributed by atoms with van der Waals surface area (Å²) in [5.41, 5.74) is 8.80. The van der Waals surface area contributed by atoms with Crippen molar-refractivity contribution in [2.24, 2.45) is 10.7 Å². The number of benzene rings is 2. The average molecular weight is 389 g/mol. The highest BCUT2D eigenvalue weighted by atomic mass is 35.5. The van der Waals surface area contributed by atoms with Gasteiger partial charge in [-0.2, -0.15) is 0 Å². The molecule has 0 spiro atoms. The molecule has 0 unspecified atom stereocenters. The van der Waals surface area contributed by atoms with E-state index in [1.54, 1.807) is 18.2 Å². The molecule has 0 aliphatic carbocycles. The standard InChI is InChI=1S/C20H22Cl2N4/c1-25-10-12-26(13-11-25)18-8-2-15(19(22)14-18)3-9-20(23)24-17-6-4-16(21)5-7-17/h2-9,14H,10-13H2,1H3,(H2,23,24)/b9-3+. The molecule has 26 heavy (non-hydrogen) atoms. The lowest BCUT2D eigenvalue weighted by Gasteiger charge is -2.34. The minimum atomic E-state index is 0.409. The zero-order valence-electron chi connectivity index (χ0n) is 14.7. The topological polar surface area (TPSA) is 44.9 Å². The van der Waals surface area contributed by atoms with Gasteiger partial charge in [0.25, 0.3) is 0 Å². The molecule has 6 heteroatoms.